The van der Waals surface area contributed by atoms with Gasteiger partial charge in [0.2, 0.25) is 0 Å². The summed E-state index contributed by atoms with van der Waals surface area (Å²) in [7, 11) is 0. The molecule has 37 heavy (non-hydrogen) atoms. The molecule has 2 nitrogen and oxygen atoms in total. The van der Waals surface area contributed by atoms with Crippen LogP contribution in [-0.4, -0.2) is 24.5 Å². The van der Waals surface area contributed by atoms with Gasteiger partial charge in [-0.2, -0.15) is 31.6 Å². The second-order valence-electron chi connectivity index (χ2n) is 9.97. The quantitative estimate of drug-likeness (QED) is 0.276. The maximum Gasteiger partial charge on any atom is 0.416 e. The first-order valence-corrected chi connectivity index (χ1v) is 13.0. The molecule has 1 fully saturated rings. The topological polar surface area (TPSA) is 27.0 Å². The monoisotopic (exact) mass is 524 g/mol. The maximum absolute atomic E-state index is 14.1. The van der Waals surface area contributed by atoms with E-state index in [1.165, 1.54) is 0 Å². The van der Waals surface area contributed by atoms with E-state index in [4.69, 9.17) is 0 Å². The average molecular weight is 525 g/mol. The number of hydrogen-bond acceptors (Lipinski definition) is 2. The molecule has 0 N–H and O–H groups in total. The highest BCUT2D eigenvalue weighted by Gasteiger charge is 2.51. The van der Waals surface area contributed by atoms with E-state index in [0.29, 0.717) is 50.8 Å². The number of halogens is 6. The lowest BCUT2D eigenvalue weighted by Gasteiger charge is -2.38. The van der Waals surface area contributed by atoms with Crippen LogP contribution in [0.5, 0.6) is 0 Å². The Bertz CT molecular complexity index is 1000. The van der Waals surface area contributed by atoms with Crippen molar-refractivity contribution in [2.24, 2.45) is 5.92 Å². The number of rotatable bonds is 11. The Hall–Kier alpha value is -2.53. The van der Waals surface area contributed by atoms with Crippen molar-refractivity contribution in [3.8, 4) is 6.07 Å². The highest BCUT2D eigenvalue weighted by Crippen LogP contribution is 2.52. The van der Waals surface area contributed by atoms with Crippen LogP contribution in [0.3, 0.4) is 0 Å². The van der Waals surface area contributed by atoms with Gasteiger partial charge in [-0.1, -0.05) is 56.2 Å². The molecule has 3 rings (SSSR count). The number of nitriles is 1. The SMILES string of the molecule is CCCN(CCCC(C#N)(c1c(C(F)(F)F)cccc1C(F)(F)F)C1CCCC1)CCc1ccccc1. The molecule has 1 atom stereocenters. The summed E-state index contributed by atoms with van der Waals surface area (Å²) in [6.45, 7) is 4.03. The molecule has 1 aliphatic carbocycles. The summed E-state index contributed by atoms with van der Waals surface area (Å²) in [6, 6.07) is 14.1. The second kappa shape index (κ2) is 12.3. The minimum atomic E-state index is -5.00. The van der Waals surface area contributed by atoms with Gasteiger partial charge in [0, 0.05) is 6.54 Å². The summed E-state index contributed by atoms with van der Waals surface area (Å²) in [5.74, 6) is -0.550. The lowest BCUT2D eigenvalue weighted by Crippen LogP contribution is -2.38. The molecule has 202 valence electrons. The van der Waals surface area contributed by atoms with Crippen LogP contribution in [0.1, 0.15) is 74.1 Å². The van der Waals surface area contributed by atoms with Crippen LogP contribution in [0.2, 0.25) is 0 Å². The van der Waals surface area contributed by atoms with Crippen molar-refractivity contribution in [1.29, 1.82) is 5.26 Å². The summed E-state index contributed by atoms with van der Waals surface area (Å²) < 4.78 is 84.6. The predicted octanol–water partition coefficient (Wildman–Crippen LogP) is 8.41. The third kappa shape index (κ3) is 7.07. The molecule has 0 aliphatic heterocycles. The van der Waals surface area contributed by atoms with Gasteiger partial charge >= 0.3 is 12.4 Å². The zero-order chi connectivity index (χ0) is 27.1. The van der Waals surface area contributed by atoms with Crippen molar-refractivity contribution in [3.05, 3.63) is 70.8 Å². The average Bonchev–Trinajstić information content (AvgIpc) is 3.40. The Morgan fingerprint density at radius 1 is 0.838 bits per heavy atom. The Kier molecular flexibility index (Phi) is 9.68. The smallest absolute Gasteiger partial charge is 0.303 e. The van der Waals surface area contributed by atoms with Crippen LogP contribution in [0, 0.1) is 17.2 Å². The fourth-order valence-electron chi connectivity index (χ4n) is 5.83. The van der Waals surface area contributed by atoms with Crippen LogP contribution in [0.25, 0.3) is 0 Å². The standard InChI is InChI=1S/C29H34F6N2/c1-2-18-37(20-16-22-10-4-3-5-11-22)19-9-17-27(21-36,23-12-6-7-13-23)26-24(28(30,31)32)14-8-15-25(26)29(33,34)35/h3-5,8,10-11,14-15,23H,2,6-7,9,12-13,16-20H2,1H3. The Labute approximate surface area is 215 Å². The normalized spacial score (nSPS) is 16.6. The lowest BCUT2D eigenvalue weighted by molar-refractivity contribution is -0.145. The van der Waals surface area contributed by atoms with Crippen LogP contribution in [0.15, 0.2) is 48.5 Å². The van der Waals surface area contributed by atoms with Crippen LogP contribution in [-0.2, 0) is 24.2 Å². The van der Waals surface area contributed by atoms with Crippen LogP contribution >= 0.6 is 0 Å². The Balaban J connectivity index is 1.95. The summed E-state index contributed by atoms with van der Waals surface area (Å²) in [5, 5.41) is 10.4. The van der Waals surface area contributed by atoms with E-state index >= 15 is 0 Å². The van der Waals surface area contributed by atoms with Gasteiger partial charge in [-0.15, -0.1) is 0 Å². The molecular weight excluding hydrogens is 490 g/mol. The van der Waals surface area contributed by atoms with Gasteiger partial charge in [0.25, 0.3) is 0 Å². The number of alkyl halides is 6. The van der Waals surface area contributed by atoms with Crippen molar-refractivity contribution in [2.45, 2.75) is 76.1 Å². The van der Waals surface area contributed by atoms with Gasteiger partial charge in [0.1, 0.15) is 0 Å². The fourth-order valence-corrected chi connectivity index (χ4v) is 5.83. The lowest BCUT2D eigenvalue weighted by atomic mass is 9.64. The zero-order valence-electron chi connectivity index (χ0n) is 21.1. The molecule has 0 heterocycles. The Morgan fingerprint density at radius 2 is 1.43 bits per heavy atom. The van der Waals surface area contributed by atoms with E-state index in [2.05, 4.69) is 4.90 Å². The number of nitrogens with zero attached hydrogens (tertiary/aromatic N) is 2. The van der Waals surface area contributed by atoms with Crippen molar-refractivity contribution in [3.63, 3.8) is 0 Å². The predicted molar refractivity (Wildman–Crippen MR) is 132 cm³/mol. The van der Waals surface area contributed by atoms with Crippen LogP contribution in [0.4, 0.5) is 26.3 Å². The van der Waals surface area contributed by atoms with E-state index in [0.717, 1.165) is 37.6 Å². The highest BCUT2D eigenvalue weighted by atomic mass is 19.4. The zero-order valence-corrected chi connectivity index (χ0v) is 21.1. The van der Waals surface area contributed by atoms with Gasteiger partial charge in [-0.3, -0.25) is 0 Å². The highest BCUT2D eigenvalue weighted by molar-refractivity contribution is 5.49. The Morgan fingerprint density at radius 3 is 1.95 bits per heavy atom. The van der Waals surface area contributed by atoms with E-state index in [-0.39, 0.29) is 6.42 Å². The van der Waals surface area contributed by atoms with Gasteiger partial charge in [-0.25, -0.2) is 0 Å². The first-order valence-electron chi connectivity index (χ1n) is 13.0. The van der Waals surface area contributed by atoms with E-state index < -0.39 is 40.4 Å². The summed E-state index contributed by atoms with van der Waals surface area (Å²) in [6.07, 6.45) is -5.75. The first kappa shape index (κ1) is 29.0. The van der Waals surface area contributed by atoms with Crippen molar-refractivity contribution in [2.75, 3.05) is 19.6 Å². The van der Waals surface area contributed by atoms with Crippen molar-refractivity contribution >= 4 is 0 Å². The summed E-state index contributed by atoms with van der Waals surface area (Å²) >= 11 is 0. The molecule has 0 bridgehead atoms. The summed E-state index contributed by atoms with van der Waals surface area (Å²) in [4.78, 5) is 2.18. The molecule has 1 unspecified atom stereocenters. The molecule has 0 amide bonds. The van der Waals surface area contributed by atoms with Crippen molar-refractivity contribution < 1.29 is 26.3 Å². The molecule has 1 saturated carbocycles. The molecule has 2 aromatic rings. The molecule has 2 aromatic carbocycles. The molecule has 1 aliphatic rings. The third-order valence-electron chi connectivity index (χ3n) is 7.52. The van der Waals surface area contributed by atoms with Gasteiger partial charge in [-0.05, 0) is 80.8 Å². The molecule has 0 saturated heterocycles. The van der Waals surface area contributed by atoms with Crippen molar-refractivity contribution in [1.82, 2.24) is 4.90 Å². The van der Waals surface area contributed by atoms with E-state index in [1.807, 2.05) is 43.3 Å². The number of hydrogen-bond donors (Lipinski definition) is 0. The molecule has 0 aromatic heterocycles. The number of benzene rings is 2. The minimum Gasteiger partial charge on any atom is -0.303 e. The maximum atomic E-state index is 14.1. The molecule has 0 spiro atoms. The minimum absolute atomic E-state index is 0.0457. The van der Waals surface area contributed by atoms with Gasteiger partial charge < -0.3 is 4.90 Å². The van der Waals surface area contributed by atoms with Gasteiger partial charge in [0.05, 0.1) is 22.6 Å². The van der Waals surface area contributed by atoms with E-state index in [1.54, 1.807) is 0 Å². The fraction of sp³-hybridized carbons (Fsp3) is 0.552. The second-order valence-corrected chi connectivity index (χ2v) is 9.97. The molecule has 0 radical (unpaired) electrons. The van der Waals surface area contributed by atoms with E-state index in [9.17, 15) is 31.6 Å². The van der Waals surface area contributed by atoms with Crippen LogP contribution < -0.4 is 0 Å². The van der Waals surface area contributed by atoms with Gasteiger partial charge in [0.15, 0.2) is 0 Å². The summed E-state index contributed by atoms with van der Waals surface area (Å²) in [5.41, 5.74) is -4.26. The molecular formula is C29H34F6N2. The third-order valence-corrected chi connectivity index (χ3v) is 7.52. The largest absolute Gasteiger partial charge is 0.416 e. The molecule has 8 heteroatoms. The first-order chi connectivity index (χ1) is 17.5.